The zero-order chi connectivity index (χ0) is 18.3. The molecule has 0 aliphatic rings. The molecule has 6 heteroatoms. The first kappa shape index (κ1) is 18.3. The van der Waals surface area contributed by atoms with Gasteiger partial charge in [0.1, 0.15) is 0 Å². The fourth-order valence-electron chi connectivity index (χ4n) is 2.41. The second-order valence-corrected chi connectivity index (χ2v) is 5.47. The molecule has 2 rings (SSSR count). The summed E-state index contributed by atoms with van der Waals surface area (Å²) >= 11 is 0. The van der Waals surface area contributed by atoms with Crippen LogP contribution >= 0.6 is 0 Å². The predicted molar refractivity (Wildman–Crippen MR) is 92.4 cm³/mol. The zero-order valence-electron chi connectivity index (χ0n) is 14.4. The predicted octanol–water partition coefficient (Wildman–Crippen LogP) is 2.28. The number of rotatable bonds is 7. The molecule has 0 heterocycles. The molecule has 6 nitrogen and oxygen atoms in total. The van der Waals surface area contributed by atoms with E-state index in [1.807, 2.05) is 6.07 Å². The van der Waals surface area contributed by atoms with Crippen LogP contribution in [-0.2, 0) is 19.9 Å². The van der Waals surface area contributed by atoms with Crippen molar-refractivity contribution in [2.75, 3.05) is 20.8 Å². The molecule has 1 N–H and O–H groups in total. The normalized spacial score (nSPS) is 12.6. The topological polar surface area (TPSA) is 73.9 Å². The number of carbonyl (C=O) groups is 2. The maximum absolute atomic E-state index is 12.3. The van der Waals surface area contributed by atoms with Gasteiger partial charge in [-0.1, -0.05) is 42.5 Å². The Labute approximate surface area is 146 Å². The van der Waals surface area contributed by atoms with Crippen LogP contribution in [0.1, 0.15) is 12.5 Å². The second-order valence-electron chi connectivity index (χ2n) is 5.47. The van der Waals surface area contributed by atoms with Crippen molar-refractivity contribution in [3.8, 4) is 11.5 Å². The summed E-state index contributed by atoms with van der Waals surface area (Å²) in [5.74, 6) is -0.0549. The zero-order valence-corrected chi connectivity index (χ0v) is 14.4. The molecule has 132 valence electrons. The molecule has 0 spiro atoms. The molecule has 1 amide bonds. The molecule has 0 aliphatic heterocycles. The summed E-state index contributed by atoms with van der Waals surface area (Å²) in [6, 6.07) is 15.9. The van der Waals surface area contributed by atoms with Crippen molar-refractivity contribution in [1.82, 2.24) is 5.32 Å². The lowest BCUT2D eigenvalue weighted by molar-refractivity contribution is -0.151. The van der Waals surface area contributed by atoms with Crippen LogP contribution in [0, 0.1) is 0 Å². The van der Waals surface area contributed by atoms with Gasteiger partial charge in [0.25, 0.3) is 5.91 Å². The lowest BCUT2D eigenvalue weighted by atomic mass is 9.92. The quantitative estimate of drug-likeness (QED) is 0.781. The highest BCUT2D eigenvalue weighted by Gasteiger charge is 2.38. The third-order valence-electron chi connectivity index (χ3n) is 3.76. The molecule has 0 unspecified atom stereocenters. The largest absolute Gasteiger partial charge is 0.493 e. The van der Waals surface area contributed by atoms with Crippen molar-refractivity contribution in [1.29, 1.82) is 0 Å². The van der Waals surface area contributed by atoms with Gasteiger partial charge in [-0.15, -0.1) is 0 Å². The third-order valence-corrected chi connectivity index (χ3v) is 3.76. The van der Waals surface area contributed by atoms with Crippen LogP contribution in [0.5, 0.6) is 11.5 Å². The van der Waals surface area contributed by atoms with Crippen LogP contribution in [0.25, 0.3) is 0 Å². The van der Waals surface area contributed by atoms with Gasteiger partial charge >= 0.3 is 5.97 Å². The Morgan fingerprint density at radius 3 is 2.16 bits per heavy atom. The molecule has 0 saturated carbocycles. The summed E-state index contributed by atoms with van der Waals surface area (Å²) in [5.41, 5.74) is -0.690. The van der Waals surface area contributed by atoms with Crippen molar-refractivity contribution >= 4 is 11.9 Å². The molecule has 0 aliphatic carbocycles. The van der Waals surface area contributed by atoms with Gasteiger partial charge in [-0.3, -0.25) is 4.79 Å². The van der Waals surface area contributed by atoms with Crippen molar-refractivity contribution in [3.05, 3.63) is 60.2 Å². The van der Waals surface area contributed by atoms with Crippen molar-refractivity contribution in [3.63, 3.8) is 0 Å². The number of amides is 1. The highest BCUT2D eigenvalue weighted by Crippen LogP contribution is 2.26. The molecule has 2 aromatic rings. The maximum atomic E-state index is 12.3. The van der Waals surface area contributed by atoms with E-state index in [-0.39, 0.29) is 6.61 Å². The Balaban J connectivity index is 2.11. The lowest BCUT2D eigenvalue weighted by Crippen LogP contribution is -2.51. The van der Waals surface area contributed by atoms with Crippen molar-refractivity contribution < 1.29 is 23.8 Å². The van der Waals surface area contributed by atoms with Crippen LogP contribution in [-0.4, -0.2) is 32.7 Å². The molecule has 0 fully saturated rings. The monoisotopic (exact) mass is 343 g/mol. The Bertz CT molecular complexity index is 732. The van der Waals surface area contributed by atoms with E-state index in [9.17, 15) is 9.59 Å². The number of ether oxygens (including phenoxy) is 3. The summed E-state index contributed by atoms with van der Waals surface area (Å²) in [6.07, 6.45) is 0. The summed E-state index contributed by atoms with van der Waals surface area (Å²) in [4.78, 5) is 24.6. The summed E-state index contributed by atoms with van der Waals surface area (Å²) < 4.78 is 15.5. The summed E-state index contributed by atoms with van der Waals surface area (Å²) in [6.45, 7) is 1.33. The third kappa shape index (κ3) is 4.29. The van der Waals surface area contributed by atoms with Gasteiger partial charge in [0.2, 0.25) is 0 Å². The standard InChI is InChI=1S/C19H21NO5/c1-19(18(22)24-3,14-9-5-4-6-10-14)20-17(21)13-25-16-12-8-7-11-15(16)23-2/h4-12H,13H2,1-3H3,(H,20,21)/t19-/m0/s1. The average molecular weight is 343 g/mol. The van der Waals surface area contributed by atoms with E-state index in [0.717, 1.165) is 0 Å². The first-order chi connectivity index (χ1) is 12.0. The first-order valence-electron chi connectivity index (χ1n) is 7.72. The van der Waals surface area contributed by atoms with E-state index in [2.05, 4.69) is 5.32 Å². The van der Waals surface area contributed by atoms with Crippen molar-refractivity contribution in [2.24, 2.45) is 0 Å². The minimum atomic E-state index is -1.31. The highest BCUT2D eigenvalue weighted by atomic mass is 16.5. The summed E-state index contributed by atoms with van der Waals surface area (Å²) in [5, 5.41) is 2.69. The fourth-order valence-corrected chi connectivity index (χ4v) is 2.41. The molecule has 0 bridgehead atoms. The number of esters is 1. The van der Waals surface area contributed by atoms with Gasteiger partial charge < -0.3 is 19.5 Å². The Morgan fingerprint density at radius 2 is 1.56 bits per heavy atom. The van der Waals surface area contributed by atoms with Gasteiger partial charge in [-0.25, -0.2) is 4.79 Å². The van der Waals surface area contributed by atoms with Gasteiger partial charge in [-0.05, 0) is 24.6 Å². The number of nitrogens with one attached hydrogen (secondary N) is 1. The van der Waals surface area contributed by atoms with Gasteiger partial charge in [0, 0.05) is 0 Å². The minimum absolute atomic E-state index is 0.264. The second kappa shape index (κ2) is 8.19. The first-order valence-corrected chi connectivity index (χ1v) is 7.72. The number of benzene rings is 2. The van der Waals surface area contributed by atoms with Crippen LogP contribution < -0.4 is 14.8 Å². The lowest BCUT2D eigenvalue weighted by Gasteiger charge is -2.28. The van der Waals surface area contributed by atoms with Crippen LogP contribution in [0.2, 0.25) is 0 Å². The molecular formula is C19H21NO5. The Hall–Kier alpha value is -3.02. The molecule has 0 radical (unpaired) electrons. The fraction of sp³-hybridized carbons (Fsp3) is 0.263. The van der Waals surface area contributed by atoms with E-state index in [1.54, 1.807) is 55.5 Å². The minimum Gasteiger partial charge on any atom is -0.493 e. The molecule has 25 heavy (non-hydrogen) atoms. The highest BCUT2D eigenvalue weighted by molar-refractivity contribution is 5.89. The van der Waals surface area contributed by atoms with Crippen LogP contribution in [0.3, 0.4) is 0 Å². The van der Waals surface area contributed by atoms with Crippen LogP contribution in [0.15, 0.2) is 54.6 Å². The number of methoxy groups -OCH3 is 2. The van der Waals surface area contributed by atoms with Gasteiger partial charge in [0.05, 0.1) is 14.2 Å². The Kier molecular flexibility index (Phi) is 6.00. The number of hydrogen-bond donors (Lipinski definition) is 1. The average Bonchev–Trinajstić information content (AvgIpc) is 2.66. The molecule has 0 saturated heterocycles. The maximum Gasteiger partial charge on any atom is 0.336 e. The summed E-state index contributed by atoms with van der Waals surface area (Å²) in [7, 11) is 2.80. The van der Waals surface area contributed by atoms with E-state index < -0.39 is 17.4 Å². The molecule has 2 aromatic carbocycles. The number of hydrogen-bond acceptors (Lipinski definition) is 5. The van der Waals surface area contributed by atoms with Crippen molar-refractivity contribution in [2.45, 2.75) is 12.5 Å². The van der Waals surface area contributed by atoms with E-state index in [0.29, 0.717) is 17.1 Å². The van der Waals surface area contributed by atoms with E-state index in [1.165, 1.54) is 14.2 Å². The number of para-hydroxylation sites is 2. The Morgan fingerprint density at radius 1 is 0.960 bits per heavy atom. The van der Waals surface area contributed by atoms with E-state index in [4.69, 9.17) is 14.2 Å². The number of carbonyl (C=O) groups excluding carboxylic acids is 2. The van der Waals surface area contributed by atoms with Crippen LogP contribution in [0.4, 0.5) is 0 Å². The van der Waals surface area contributed by atoms with Gasteiger partial charge in [-0.2, -0.15) is 0 Å². The molecule has 1 atom stereocenters. The molecule has 0 aromatic heterocycles. The van der Waals surface area contributed by atoms with Gasteiger partial charge in [0.15, 0.2) is 23.6 Å². The smallest absolute Gasteiger partial charge is 0.336 e. The van der Waals surface area contributed by atoms with E-state index >= 15 is 0 Å². The SMILES string of the molecule is COC(=O)[C@@](C)(NC(=O)COc1ccccc1OC)c1ccccc1. The molecular weight excluding hydrogens is 322 g/mol.